The molecule has 0 fully saturated rings. The largest absolute Gasteiger partial charge is 0.478 e. The van der Waals surface area contributed by atoms with Gasteiger partial charge in [0.2, 0.25) is 0 Å². The zero-order valence-electron chi connectivity index (χ0n) is 6.52. The van der Waals surface area contributed by atoms with Crippen LogP contribution in [0.25, 0.3) is 5.53 Å². The molecule has 0 aromatic carbocycles. The maximum atomic E-state index is 12.1. The van der Waals surface area contributed by atoms with Crippen LogP contribution in [0.15, 0.2) is 11.6 Å². The molecular weight excluding hydrogens is 202 g/mol. The Balaban J connectivity index is 5.33. The number of alkyl halides is 2. The molecule has 0 atom stereocenters. The first-order chi connectivity index (χ1) is 6.40. The van der Waals surface area contributed by atoms with Gasteiger partial charge >= 0.3 is 17.7 Å². The fourth-order valence-electron chi connectivity index (χ4n) is 0.592. The molecule has 0 saturated carbocycles. The highest BCUT2D eigenvalue weighted by atomic mass is 19.3. The van der Waals surface area contributed by atoms with Gasteiger partial charge in [0.25, 0.3) is 6.43 Å². The van der Waals surface area contributed by atoms with Crippen molar-refractivity contribution >= 4 is 17.7 Å². The molecule has 0 bridgehead atoms. The summed E-state index contributed by atoms with van der Waals surface area (Å²) in [4.78, 5) is 22.3. The zero-order chi connectivity index (χ0) is 11.3. The van der Waals surface area contributed by atoms with Gasteiger partial charge in [-0.1, -0.05) is 0 Å². The molecule has 0 spiro atoms. The van der Waals surface area contributed by atoms with Crippen LogP contribution in [0.4, 0.5) is 8.78 Å². The molecule has 0 saturated heterocycles. The first-order valence-corrected chi connectivity index (χ1v) is 3.08. The molecule has 0 amide bonds. The van der Waals surface area contributed by atoms with E-state index in [9.17, 15) is 18.4 Å². The monoisotopic (exact) mass is 206 g/mol. The van der Waals surface area contributed by atoms with Crippen molar-refractivity contribution in [1.29, 1.82) is 0 Å². The van der Waals surface area contributed by atoms with Crippen LogP contribution in [-0.2, 0) is 9.59 Å². The summed E-state index contributed by atoms with van der Waals surface area (Å²) in [5.74, 6) is -3.71. The van der Waals surface area contributed by atoms with Crippen LogP contribution in [0.2, 0.25) is 0 Å². The van der Waals surface area contributed by atoms with Crippen molar-refractivity contribution in [3.63, 3.8) is 0 Å². The second-order valence-electron chi connectivity index (χ2n) is 1.99. The number of carbonyl (C=O) groups is 2. The molecule has 0 aliphatic heterocycles. The van der Waals surface area contributed by atoms with E-state index in [0.717, 1.165) is 0 Å². The minimum atomic E-state index is -3.35. The quantitative estimate of drug-likeness (QED) is 0.292. The molecule has 0 heterocycles. The molecule has 0 aromatic rings. The summed E-state index contributed by atoms with van der Waals surface area (Å²) in [6.07, 6.45) is -3.39. The molecule has 76 valence electrons. The standard InChI is InChI=1S/C6H4F2N2O4/c7-5(8)2(1-3(11)12)4(10-9)6(13)14/h1,5H,(H,11,12)(H,13,14)/b2-1+. The summed E-state index contributed by atoms with van der Waals surface area (Å²) in [6, 6.07) is 0. The number of aliphatic carboxylic acids is 2. The van der Waals surface area contributed by atoms with Gasteiger partial charge in [0.1, 0.15) is 5.57 Å². The number of hydrogen-bond acceptors (Lipinski definition) is 2. The van der Waals surface area contributed by atoms with Gasteiger partial charge < -0.3 is 15.7 Å². The lowest BCUT2D eigenvalue weighted by atomic mass is 10.1. The van der Waals surface area contributed by atoms with Crippen LogP contribution in [0.3, 0.4) is 0 Å². The third kappa shape index (κ3) is 3.11. The summed E-state index contributed by atoms with van der Waals surface area (Å²) in [5.41, 5.74) is 5.30. The third-order valence-electron chi connectivity index (χ3n) is 1.09. The van der Waals surface area contributed by atoms with E-state index in [-0.39, 0.29) is 6.08 Å². The Bertz CT molecular complexity index is 344. The maximum Gasteiger partial charge on any atom is 0.419 e. The Labute approximate surface area is 75.7 Å². The van der Waals surface area contributed by atoms with Gasteiger partial charge in [-0.05, 0) is 0 Å². The maximum absolute atomic E-state index is 12.1. The lowest BCUT2D eigenvalue weighted by Crippen LogP contribution is -2.22. The minimum absolute atomic E-state index is 0.0339. The Morgan fingerprint density at radius 1 is 1.36 bits per heavy atom. The second kappa shape index (κ2) is 4.83. The number of carboxylic acid groups (broad SMARTS) is 2. The molecule has 0 rings (SSSR count). The molecule has 0 unspecified atom stereocenters. The topological polar surface area (TPSA) is 111 Å². The Hall–Kier alpha value is -2.08. The third-order valence-corrected chi connectivity index (χ3v) is 1.09. The van der Waals surface area contributed by atoms with E-state index in [1.165, 1.54) is 0 Å². The van der Waals surface area contributed by atoms with Crippen molar-refractivity contribution in [3.8, 4) is 0 Å². The highest BCUT2D eigenvalue weighted by molar-refractivity contribution is 6.40. The molecule has 6 nitrogen and oxygen atoms in total. The Kier molecular flexibility index (Phi) is 4.11. The molecule has 0 aromatic heterocycles. The number of rotatable bonds is 4. The summed E-state index contributed by atoms with van der Waals surface area (Å²) >= 11 is 0. The van der Waals surface area contributed by atoms with Crippen molar-refractivity contribution in [1.82, 2.24) is 0 Å². The van der Waals surface area contributed by atoms with Crippen LogP contribution in [0.1, 0.15) is 0 Å². The van der Waals surface area contributed by atoms with Gasteiger partial charge in [0.05, 0.1) is 0 Å². The van der Waals surface area contributed by atoms with Gasteiger partial charge in [-0.2, -0.15) is 4.79 Å². The van der Waals surface area contributed by atoms with Crippen molar-refractivity contribution in [2.24, 2.45) is 0 Å². The van der Waals surface area contributed by atoms with Gasteiger partial charge in [0.15, 0.2) is 0 Å². The lowest BCUT2D eigenvalue weighted by molar-refractivity contribution is -0.134. The summed E-state index contributed by atoms with van der Waals surface area (Å²) < 4.78 is 24.1. The van der Waals surface area contributed by atoms with E-state index in [0.29, 0.717) is 0 Å². The molecule has 14 heavy (non-hydrogen) atoms. The van der Waals surface area contributed by atoms with E-state index in [2.05, 4.69) is 4.79 Å². The molecule has 2 N–H and O–H groups in total. The first kappa shape index (κ1) is 11.9. The van der Waals surface area contributed by atoms with Gasteiger partial charge in [-0.3, -0.25) is 0 Å². The predicted octanol–water partition coefficient (Wildman–Crippen LogP) is 0.0179. The fourth-order valence-corrected chi connectivity index (χ4v) is 0.592. The molecular formula is C6H4F2N2O4. The average molecular weight is 206 g/mol. The summed E-state index contributed by atoms with van der Waals surface area (Å²) in [6.45, 7) is 0. The van der Waals surface area contributed by atoms with Crippen molar-refractivity contribution in [2.45, 2.75) is 6.43 Å². The predicted molar refractivity (Wildman–Crippen MR) is 38.0 cm³/mol. The number of halogens is 2. The van der Waals surface area contributed by atoms with E-state index in [4.69, 9.17) is 15.7 Å². The molecule has 0 radical (unpaired) electrons. The second-order valence-corrected chi connectivity index (χ2v) is 1.99. The average Bonchev–Trinajstić information content (AvgIpc) is 2.02. The van der Waals surface area contributed by atoms with E-state index in [1.54, 1.807) is 0 Å². The highest BCUT2D eigenvalue weighted by Gasteiger charge is 2.32. The van der Waals surface area contributed by atoms with Crippen molar-refractivity contribution in [3.05, 3.63) is 17.2 Å². The van der Waals surface area contributed by atoms with Crippen LogP contribution in [-0.4, -0.2) is 39.1 Å². The van der Waals surface area contributed by atoms with Gasteiger partial charge in [-0.25, -0.2) is 18.4 Å². The van der Waals surface area contributed by atoms with E-state index in [1.807, 2.05) is 0 Å². The number of carboxylic acids is 2. The highest BCUT2D eigenvalue weighted by Crippen LogP contribution is 2.09. The summed E-state index contributed by atoms with van der Waals surface area (Å²) in [5, 5.41) is 16.4. The molecule has 0 aliphatic rings. The number of nitrogens with zero attached hydrogens (tertiary/aromatic N) is 2. The van der Waals surface area contributed by atoms with Crippen LogP contribution in [0, 0.1) is 0 Å². The van der Waals surface area contributed by atoms with Crippen molar-refractivity contribution in [2.75, 3.05) is 0 Å². The van der Waals surface area contributed by atoms with Gasteiger partial charge in [0, 0.05) is 6.08 Å². The molecule has 8 heteroatoms. The van der Waals surface area contributed by atoms with Crippen LogP contribution >= 0.6 is 0 Å². The Morgan fingerprint density at radius 3 is 2.07 bits per heavy atom. The first-order valence-electron chi connectivity index (χ1n) is 3.08. The minimum Gasteiger partial charge on any atom is -0.478 e. The molecule has 0 aliphatic carbocycles. The fraction of sp³-hybridized carbons (Fsp3) is 0.167. The lowest BCUT2D eigenvalue weighted by Gasteiger charge is -1.96. The number of hydrogen-bond donors (Lipinski definition) is 2. The van der Waals surface area contributed by atoms with E-state index < -0.39 is 29.6 Å². The SMILES string of the molecule is [N-]=[N+]=C(C(=O)O)/C(=C\C(=O)O)C(F)F. The normalized spacial score (nSPS) is 10.9. The zero-order valence-corrected chi connectivity index (χ0v) is 6.52. The summed E-state index contributed by atoms with van der Waals surface area (Å²) in [7, 11) is 0. The smallest absolute Gasteiger partial charge is 0.419 e. The Morgan fingerprint density at radius 2 is 1.86 bits per heavy atom. The van der Waals surface area contributed by atoms with Crippen LogP contribution < -0.4 is 0 Å². The van der Waals surface area contributed by atoms with Gasteiger partial charge in [-0.15, -0.1) is 0 Å². The van der Waals surface area contributed by atoms with Crippen molar-refractivity contribution < 1.29 is 33.4 Å². The van der Waals surface area contributed by atoms with E-state index >= 15 is 0 Å². The van der Waals surface area contributed by atoms with Crippen LogP contribution in [0.5, 0.6) is 0 Å².